The van der Waals surface area contributed by atoms with Crippen LogP contribution in [0.25, 0.3) is 0 Å². The molecular formula is C20H20N4O3. The summed E-state index contributed by atoms with van der Waals surface area (Å²) in [6, 6.07) is 7.55. The van der Waals surface area contributed by atoms with Crippen molar-refractivity contribution in [2.24, 2.45) is 0 Å². The van der Waals surface area contributed by atoms with Gasteiger partial charge < -0.3 is 19.4 Å². The van der Waals surface area contributed by atoms with Crippen molar-refractivity contribution in [2.45, 2.75) is 12.5 Å². The lowest BCUT2D eigenvalue weighted by atomic mass is 9.88. The minimum atomic E-state index is -0.266. The van der Waals surface area contributed by atoms with Crippen molar-refractivity contribution in [3.8, 4) is 11.5 Å². The standard InChI is InChI=1S/C20H20N4O3/c1-26-17-8-13-5-7-24(20(25)16-11-22-12-23-16)19(14-4-3-6-21-10-14)15(13)9-18(17)27-2/h3-4,6,8-12,19H,5,7H2,1-2H3,(H,22,23). The fourth-order valence-corrected chi connectivity index (χ4v) is 3.59. The number of carbonyl (C=O) groups excluding carboxylic acids is 1. The Morgan fingerprint density at radius 1 is 1.19 bits per heavy atom. The van der Waals surface area contributed by atoms with Crippen LogP contribution in [0.3, 0.4) is 0 Å². The number of pyridine rings is 1. The van der Waals surface area contributed by atoms with Crippen molar-refractivity contribution < 1.29 is 14.3 Å². The van der Waals surface area contributed by atoms with E-state index in [1.165, 1.54) is 6.33 Å². The SMILES string of the molecule is COc1cc2c(cc1OC)C(c1cccnc1)N(C(=O)c1cnc[nH]1)CC2. The van der Waals surface area contributed by atoms with Crippen LogP contribution in [-0.4, -0.2) is 46.5 Å². The zero-order chi connectivity index (χ0) is 18.8. The summed E-state index contributed by atoms with van der Waals surface area (Å²) in [6.07, 6.45) is 7.31. The van der Waals surface area contributed by atoms with Crippen molar-refractivity contribution in [3.05, 3.63) is 71.6 Å². The van der Waals surface area contributed by atoms with Crippen LogP contribution in [0.5, 0.6) is 11.5 Å². The summed E-state index contributed by atoms with van der Waals surface area (Å²) in [5.74, 6) is 1.23. The fraction of sp³-hybridized carbons (Fsp3) is 0.250. The van der Waals surface area contributed by atoms with Gasteiger partial charge in [-0.05, 0) is 41.3 Å². The lowest BCUT2D eigenvalue weighted by Crippen LogP contribution is -2.40. The first-order valence-electron chi connectivity index (χ1n) is 8.67. The van der Waals surface area contributed by atoms with Gasteiger partial charge in [-0.1, -0.05) is 6.07 Å². The molecule has 3 aromatic rings. The quantitative estimate of drug-likeness (QED) is 0.770. The molecule has 0 saturated heterocycles. The Morgan fingerprint density at radius 2 is 2.00 bits per heavy atom. The first-order chi connectivity index (χ1) is 13.2. The summed E-state index contributed by atoms with van der Waals surface area (Å²) in [5.41, 5.74) is 3.56. The monoisotopic (exact) mass is 364 g/mol. The van der Waals surface area contributed by atoms with E-state index < -0.39 is 0 Å². The topological polar surface area (TPSA) is 80.3 Å². The molecule has 1 unspecified atom stereocenters. The molecule has 0 saturated carbocycles. The highest BCUT2D eigenvalue weighted by Crippen LogP contribution is 2.41. The summed E-state index contributed by atoms with van der Waals surface area (Å²) >= 11 is 0. The number of fused-ring (bicyclic) bond motifs is 1. The zero-order valence-electron chi connectivity index (χ0n) is 15.2. The molecule has 1 aromatic carbocycles. The normalized spacial score (nSPS) is 15.9. The van der Waals surface area contributed by atoms with Crippen LogP contribution in [-0.2, 0) is 6.42 Å². The fourth-order valence-electron chi connectivity index (χ4n) is 3.59. The maximum atomic E-state index is 13.1. The summed E-state index contributed by atoms with van der Waals surface area (Å²) in [4.78, 5) is 26.1. The average molecular weight is 364 g/mol. The Balaban J connectivity index is 1.85. The van der Waals surface area contributed by atoms with E-state index >= 15 is 0 Å². The second-order valence-electron chi connectivity index (χ2n) is 6.31. The third-order valence-electron chi connectivity index (χ3n) is 4.86. The Hall–Kier alpha value is -3.35. The summed E-state index contributed by atoms with van der Waals surface area (Å²) < 4.78 is 10.9. The Morgan fingerprint density at radius 3 is 2.67 bits per heavy atom. The predicted molar refractivity (Wildman–Crippen MR) is 99.0 cm³/mol. The minimum Gasteiger partial charge on any atom is -0.493 e. The Kier molecular flexibility index (Phi) is 4.50. The van der Waals surface area contributed by atoms with E-state index in [1.54, 1.807) is 32.8 Å². The van der Waals surface area contributed by atoms with Crippen molar-refractivity contribution >= 4 is 5.91 Å². The van der Waals surface area contributed by atoms with Crippen LogP contribution in [0, 0.1) is 0 Å². The number of nitrogens with one attached hydrogen (secondary N) is 1. The van der Waals surface area contributed by atoms with E-state index in [1.807, 2.05) is 29.2 Å². The molecule has 1 amide bonds. The smallest absolute Gasteiger partial charge is 0.272 e. The maximum absolute atomic E-state index is 13.1. The van der Waals surface area contributed by atoms with E-state index in [2.05, 4.69) is 15.0 Å². The molecule has 3 heterocycles. The number of nitrogens with zero attached hydrogens (tertiary/aromatic N) is 3. The summed E-state index contributed by atoms with van der Waals surface area (Å²) in [6.45, 7) is 0.583. The molecule has 7 nitrogen and oxygen atoms in total. The van der Waals surface area contributed by atoms with Crippen LogP contribution < -0.4 is 9.47 Å². The second-order valence-corrected chi connectivity index (χ2v) is 6.31. The third-order valence-corrected chi connectivity index (χ3v) is 4.86. The number of hydrogen-bond donors (Lipinski definition) is 1. The van der Waals surface area contributed by atoms with Gasteiger partial charge in [0.25, 0.3) is 5.91 Å². The molecule has 4 rings (SSSR count). The van der Waals surface area contributed by atoms with Crippen LogP contribution in [0.15, 0.2) is 49.2 Å². The molecule has 0 radical (unpaired) electrons. The average Bonchev–Trinajstić information content (AvgIpc) is 3.26. The van der Waals surface area contributed by atoms with Gasteiger partial charge in [0, 0.05) is 18.9 Å². The number of imidazole rings is 1. The van der Waals surface area contributed by atoms with Gasteiger partial charge in [-0.3, -0.25) is 9.78 Å². The molecule has 0 aliphatic carbocycles. The highest BCUT2D eigenvalue weighted by atomic mass is 16.5. The highest BCUT2D eigenvalue weighted by molar-refractivity contribution is 5.93. The van der Waals surface area contributed by atoms with Gasteiger partial charge in [0.05, 0.1) is 32.8 Å². The van der Waals surface area contributed by atoms with Crippen molar-refractivity contribution in [3.63, 3.8) is 0 Å². The van der Waals surface area contributed by atoms with Crippen LogP contribution in [0.2, 0.25) is 0 Å². The van der Waals surface area contributed by atoms with E-state index in [4.69, 9.17) is 9.47 Å². The summed E-state index contributed by atoms with van der Waals surface area (Å²) in [5, 5.41) is 0. The maximum Gasteiger partial charge on any atom is 0.272 e. The molecule has 0 bridgehead atoms. The lowest BCUT2D eigenvalue weighted by Gasteiger charge is -2.37. The van der Waals surface area contributed by atoms with Gasteiger partial charge >= 0.3 is 0 Å². The number of rotatable bonds is 4. The van der Waals surface area contributed by atoms with Crippen LogP contribution >= 0.6 is 0 Å². The highest BCUT2D eigenvalue weighted by Gasteiger charge is 2.34. The van der Waals surface area contributed by atoms with Crippen molar-refractivity contribution in [1.29, 1.82) is 0 Å². The Labute approximate surface area is 157 Å². The van der Waals surface area contributed by atoms with Gasteiger partial charge in [0.15, 0.2) is 11.5 Å². The molecule has 7 heteroatoms. The van der Waals surface area contributed by atoms with Crippen molar-refractivity contribution in [2.75, 3.05) is 20.8 Å². The van der Waals surface area contributed by atoms with Crippen LogP contribution in [0.4, 0.5) is 0 Å². The number of carbonyl (C=O) groups is 1. The number of methoxy groups -OCH3 is 2. The van der Waals surface area contributed by atoms with Gasteiger partial charge in [-0.25, -0.2) is 4.98 Å². The van der Waals surface area contributed by atoms with Gasteiger partial charge in [-0.2, -0.15) is 0 Å². The predicted octanol–water partition coefficient (Wildman–Crippen LogP) is 2.61. The number of amides is 1. The molecule has 1 atom stereocenters. The molecule has 1 aliphatic heterocycles. The van der Waals surface area contributed by atoms with Crippen LogP contribution in [0.1, 0.15) is 33.2 Å². The molecule has 0 spiro atoms. The van der Waals surface area contributed by atoms with Crippen molar-refractivity contribution in [1.82, 2.24) is 19.9 Å². The number of benzene rings is 1. The first-order valence-corrected chi connectivity index (χ1v) is 8.67. The molecule has 0 fully saturated rings. The van der Waals surface area contributed by atoms with E-state index in [-0.39, 0.29) is 11.9 Å². The van der Waals surface area contributed by atoms with Gasteiger partial charge in [-0.15, -0.1) is 0 Å². The first kappa shape index (κ1) is 17.1. The van der Waals surface area contributed by atoms with E-state index in [0.717, 1.165) is 23.1 Å². The molecule has 27 heavy (non-hydrogen) atoms. The number of aromatic nitrogens is 3. The van der Waals surface area contributed by atoms with Gasteiger partial charge in [0.2, 0.25) is 0 Å². The largest absolute Gasteiger partial charge is 0.493 e. The number of aromatic amines is 1. The van der Waals surface area contributed by atoms with E-state index in [9.17, 15) is 4.79 Å². The Bertz CT molecular complexity index is 941. The molecule has 1 N–H and O–H groups in total. The molecule has 2 aromatic heterocycles. The third kappa shape index (κ3) is 3.01. The molecule has 1 aliphatic rings. The number of H-pyrrole nitrogens is 1. The molecular weight excluding hydrogens is 344 g/mol. The zero-order valence-corrected chi connectivity index (χ0v) is 15.2. The number of hydrogen-bond acceptors (Lipinski definition) is 5. The van der Waals surface area contributed by atoms with Gasteiger partial charge in [0.1, 0.15) is 5.69 Å². The molecule has 138 valence electrons. The van der Waals surface area contributed by atoms with E-state index in [0.29, 0.717) is 23.7 Å². The minimum absolute atomic E-state index is 0.0956. The second kappa shape index (κ2) is 7.11. The lowest BCUT2D eigenvalue weighted by molar-refractivity contribution is 0.0688. The summed E-state index contributed by atoms with van der Waals surface area (Å²) in [7, 11) is 3.24. The number of ether oxygens (including phenoxy) is 2.